The third-order valence-electron chi connectivity index (χ3n) is 3.70. The lowest BCUT2D eigenvalue weighted by Crippen LogP contribution is -2.11. The van der Waals surface area contributed by atoms with E-state index in [1.54, 1.807) is 0 Å². The van der Waals surface area contributed by atoms with Gasteiger partial charge in [0.25, 0.3) is 0 Å². The summed E-state index contributed by atoms with van der Waals surface area (Å²) in [6, 6.07) is 27.6. The van der Waals surface area contributed by atoms with Gasteiger partial charge >= 0.3 is 0 Å². The number of nitrogens with zero attached hydrogens (tertiary/aromatic N) is 1. The molecule has 0 fully saturated rings. The summed E-state index contributed by atoms with van der Waals surface area (Å²) in [6.45, 7) is 2.49. The minimum atomic E-state index is 0.544. The Morgan fingerprint density at radius 3 is 2.19 bits per heavy atom. The summed E-state index contributed by atoms with van der Waals surface area (Å²) in [5.74, 6) is 0.586. The van der Waals surface area contributed by atoms with Gasteiger partial charge in [0.1, 0.15) is 4.99 Å². The number of benzene rings is 3. The van der Waals surface area contributed by atoms with Gasteiger partial charge in [-0.1, -0.05) is 60.7 Å². The van der Waals surface area contributed by atoms with Gasteiger partial charge in [-0.2, -0.15) is 0 Å². The van der Waals surface area contributed by atoms with Gasteiger partial charge in [0.15, 0.2) is 0 Å². The molecule has 26 heavy (non-hydrogen) atoms. The van der Waals surface area contributed by atoms with Gasteiger partial charge in [-0.05, 0) is 43.3 Å². The largest absolute Gasteiger partial charge is 0.478 e. The highest BCUT2D eigenvalue weighted by atomic mass is 32.1. The van der Waals surface area contributed by atoms with Crippen LogP contribution in [0.2, 0.25) is 0 Å². The average molecular weight is 360 g/mol. The molecule has 130 valence electrons. The van der Waals surface area contributed by atoms with E-state index in [0.29, 0.717) is 17.5 Å². The van der Waals surface area contributed by atoms with E-state index >= 15 is 0 Å². The standard InChI is InChI=1S/C22H20N2OS/c1-2-25-21(17-11-5-3-6-12-17)24-20-16-10-9-15-19(20)22(26)23-18-13-7-4-8-14-18/h3-16H,2H2,1H3,(H,23,26). The molecule has 0 amide bonds. The molecule has 4 heteroatoms. The third-order valence-corrected chi connectivity index (χ3v) is 4.03. The Morgan fingerprint density at radius 2 is 1.50 bits per heavy atom. The van der Waals surface area contributed by atoms with Crippen molar-refractivity contribution < 1.29 is 4.74 Å². The minimum Gasteiger partial charge on any atom is -0.478 e. The quantitative estimate of drug-likeness (QED) is 0.366. The van der Waals surface area contributed by atoms with Gasteiger partial charge in [0.05, 0.1) is 12.3 Å². The molecule has 3 nitrogen and oxygen atoms in total. The number of para-hydroxylation sites is 2. The van der Waals surface area contributed by atoms with E-state index in [9.17, 15) is 0 Å². The van der Waals surface area contributed by atoms with E-state index in [-0.39, 0.29) is 0 Å². The molecule has 0 heterocycles. The monoisotopic (exact) mass is 360 g/mol. The zero-order valence-corrected chi connectivity index (χ0v) is 15.4. The molecule has 0 unspecified atom stereocenters. The summed E-state index contributed by atoms with van der Waals surface area (Å²) < 4.78 is 5.77. The van der Waals surface area contributed by atoms with Gasteiger partial charge in [0.2, 0.25) is 5.90 Å². The molecule has 0 radical (unpaired) electrons. The number of hydrogen-bond acceptors (Lipinski definition) is 3. The van der Waals surface area contributed by atoms with E-state index in [0.717, 1.165) is 22.5 Å². The fourth-order valence-electron chi connectivity index (χ4n) is 2.49. The van der Waals surface area contributed by atoms with E-state index in [4.69, 9.17) is 21.9 Å². The smallest absolute Gasteiger partial charge is 0.221 e. The van der Waals surface area contributed by atoms with Crippen LogP contribution in [0.3, 0.4) is 0 Å². The van der Waals surface area contributed by atoms with Crippen molar-refractivity contribution in [2.45, 2.75) is 6.92 Å². The Hall–Kier alpha value is -2.98. The van der Waals surface area contributed by atoms with Gasteiger partial charge in [-0.25, -0.2) is 4.99 Å². The van der Waals surface area contributed by atoms with E-state index in [1.807, 2.05) is 91.9 Å². The average Bonchev–Trinajstić information content (AvgIpc) is 2.69. The zero-order valence-electron chi connectivity index (χ0n) is 14.6. The number of hydrogen-bond donors (Lipinski definition) is 1. The molecule has 0 aliphatic heterocycles. The molecule has 0 saturated heterocycles. The number of ether oxygens (including phenoxy) is 1. The van der Waals surface area contributed by atoms with Crippen LogP contribution in [0.25, 0.3) is 0 Å². The molecule has 0 aliphatic carbocycles. The summed E-state index contributed by atoms with van der Waals surface area (Å²) in [7, 11) is 0. The van der Waals surface area contributed by atoms with E-state index in [1.165, 1.54) is 0 Å². The first-order chi connectivity index (χ1) is 12.8. The van der Waals surface area contributed by atoms with Crippen LogP contribution in [0.15, 0.2) is 89.9 Å². The maximum atomic E-state index is 5.77. The zero-order chi connectivity index (χ0) is 18.2. The summed E-state index contributed by atoms with van der Waals surface area (Å²) in [5, 5.41) is 3.26. The second-order valence-electron chi connectivity index (χ2n) is 5.55. The molecule has 0 aliphatic rings. The predicted molar refractivity (Wildman–Crippen MR) is 112 cm³/mol. The van der Waals surface area contributed by atoms with Crippen LogP contribution in [0.4, 0.5) is 11.4 Å². The van der Waals surface area contributed by atoms with Crippen LogP contribution in [0.1, 0.15) is 18.1 Å². The lowest BCUT2D eigenvalue weighted by atomic mass is 10.1. The number of rotatable bonds is 5. The second kappa shape index (κ2) is 8.92. The van der Waals surface area contributed by atoms with Crippen LogP contribution in [-0.4, -0.2) is 17.5 Å². The topological polar surface area (TPSA) is 33.6 Å². The summed E-state index contributed by atoms with van der Waals surface area (Å²) in [5.41, 5.74) is 3.52. The van der Waals surface area contributed by atoms with Gasteiger partial charge in [0, 0.05) is 16.8 Å². The Kier molecular flexibility index (Phi) is 6.12. The van der Waals surface area contributed by atoms with Crippen molar-refractivity contribution in [2.24, 2.45) is 4.99 Å². The molecule has 0 aromatic heterocycles. The first kappa shape index (κ1) is 17.8. The Bertz CT molecular complexity index is 892. The Morgan fingerprint density at radius 1 is 0.885 bits per heavy atom. The fraction of sp³-hybridized carbons (Fsp3) is 0.0909. The molecule has 3 aromatic carbocycles. The maximum absolute atomic E-state index is 5.77. The Labute approximate surface area is 159 Å². The Balaban J connectivity index is 1.94. The first-order valence-corrected chi connectivity index (χ1v) is 8.91. The normalized spacial score (nSPS) is 11.0. The van der Waals surface area contributed by atoms with Crippen molar-refractivity contribution in [3.63, 3.8) is 0 Å². The van der Waals surface area contributed by atoms with Crippen LogP contribution in [0.5, 0.6) is 0 Å². The van der Waals surface area contributed by atoms with E-state index in [2.05, 4.69) is 5.32 Å². The van der Waals surface area contributed by atoms with Gasteiger partial charge < -0.3 is 10.1 Å². The van der Waals surface area contributed by atoms with Crippen LogP contribution in [-0.2, 0) is 4.74 Å². The molecule has 3 rings (SSSR count). The number of nitrogens with one attached hydrogen (secondary N) is 1. The molecule has 1 N–H and O–H groups in total. The van der Waals surface area contributed by atoms with Crippen LogP contribution in [0, 0.1) is 0 Å². The lowest BCUT2D eigenvalue weighted by Gasteiger charge is -2.12. The molecular formula is C22H20N2OS. The second-order valence-corrected chi connectivity index (χ2v) is 5.96. The third kappa shape index (κ3) is 4.55. The first-order valence-electron chi connectivity index (χ1n) is 8.50. The molecule has 0 saturated carbocycles. The molecule has 0 atom stereocenters. The highest BCUT2D eigenvalue weighted by Gasteiger charge is 2.10. The van der Waals surface area contributed by atoms with Crippen molar-refractivity contribution in [3.05, 3.63) is 96.1 Å². The molecule has 3 aromatic rings. The summed E-state index contributed by atoms with van der Waals surface area (Å²) >= 11 is 5.60. The minimum absolute atomic E-state index is 0.544. The molecule has 0 spiro atoms. The summed E-state index contributed by atoms with van der Waals surface area (Å²) in [6.07, 6.45) is 0. The highest BCUT2D eigenvalue weighted by Crippen LogP contribution is 2.22. The van der Waals surface area contributed by atoms with Gasteiger partial charge in [-0.3, -0.25) is 0 Å². The SMILES string of the molecule is CCOC(=Nc1ccccc1C(=S)Nc1ccccc1)c1ccccc1. The van der Waals surface area contributed by atoms with Crippen molar-refractivity contribution >= 4 is 34.5 Å². The van der Waals surface area contributed by atoms with E-state index < -0.39 is 0 Å². The van der Waals surface area contributed by atoms with Crippen molar-refractivity contribution in [1.82, 2.24) is 0 Å². The number of thiocarbonyl (C=S) groups is 1. The fourth-order valence-corrected chi connectivity index (χ4v) is 2.78. The van der Waals surface area contributed by atoms with Crippen LogP contribution >= 0.6 is 12.2 Å². The van der Waals surface area contributed by atoms with Crippen molar-refractivity contribution in [1.29, 1.82) is 0 Å². The number of anilines is 1. The lowest BCUT2D eigenvalue weighted by molar-refractivity contribution is 0.329. The van der Waals surface area contributed by atoms with Crippen molar-refractivity contribution in [2.75, 3.05) is 11.9 Å². The van der Waals surface area contributed by atoms with Gasteiger partial charge in [-0.15, -0.1) is 0 Å². The molecule has 0 bridgehead atoms. The summed E-state index contributed by atoms with van der Waals surface area (Å²) in [4.78, 5) is 5.37. The maximum Gasteiger partial charge on any atom is 0.221 e. The van der Waals surface area contributed by atoms with Crippen molar-refractivity contribution in [3.8, 4) is 0 Å². The number of aliphatic imine (C=N–C) groups is 1. The molecular weight excluding hydrogens is 340 g/mol. The highest BCUT2D eigenvalue weighted by molar-refractivity contribution is 7.81. The predicted octanol–water partition coefficient (Wildman–Crippen LogP) is 5.59. The van der Waals surface area contributed by atoms with Crippen LogP contribution < -0.4 is 5.32 Å².